The van der Waals surface area contributed by atoms with Crippen LogP contribution in [0.3, 0.4) is 0 Å². The van der Waals surface area contributed by atoms with Crippen molar-refractivity contribution in [3.05, 3.63) is 119 Å². The summed E-state index contributed by atoms with van der Waals surface area (Å²) in [5.41, 5.74) is 5.35. The summed E-state index contributed by atoms with van der Waals surface area (Å²) in [6, 6.07) is 25.9. The van der Waals surface area contributed by atoms with Crippen molar-refractivity contribution in [2.45, 2.75) is 11.8 Å². The molecule has 1 aliphatic heterocycles. The van der Waals surface area contributed by atoms with Gasteiger partial charge in [0.2, 0.25) is 0 Å². The number of aromatic carboxylic acids is 1. The van der Waals surface area contributed by atoms with Crippen LogP contribution in [0.4, 0.5) is 0 Å². The van der Waals surface area contributed by atoms with Gasteiger partial charge in [0.05, 0.1) is 23.6 Å². The maximum atomic E-state index is 13.6. The summed E-state index contributed by atoms with van der Waals surface area (Å²) in [5.74, 6) is -2.01. The van der Waals surface area contributed by atoms with Gasteiger partial charge in [0.1, 0.15) is 11.5 Å². The number of rotatable bonds is 4. The van der Waals surface area contributed by atoms with E-state index >= 15 is 0 Å². The van der Waals surface area contributed by atoms with E-state index in [1.165, 1.54) is 18.3 Å². The first-order valence-corrected chi connectivity index (χ1v) is 12.1. The van der Waals surface area contributed by atoms with Crippen molar-refractivity contribution in [1.82, 2.24) is 5.01 Å². The van der Waals surface area contributed by atoms with Crippen LogP contribution in [0.25, 0.3) is 11.3 Å². The van der Waals surface area contributed by atoms with Crippen LogP contribution in [0, 0.1) is 11.8 Å². The molecule has 8 rings (SSSR count). The number of hydrazone groups is 1. The largest absolute Gasteiger partial charge is 0.478 e. The highest BCUT2D eigenvalue weighted by Crippen LogP contribution is 2.60. The van der Waals surface area contributed by atoms with E-state index in [-0.39, 0.29) is 29.2 Å². The second-order valence-corrected chi connectivity index (χ2v) is 9.58. The standard InChI is InChI=1S/C30H20N2O5/c33-28-26-24-19-5-1-2-6-20(19)25(22-8-4-3-7-21(22)24)27(26)29(34)32(28)31-15-18-13-14-23(37-18)16-9-11-17(12-10-16)30(35)36/h1-15,24-27H,(H,35,36)/b31-15-/t24?,25?,26-,27-/m0/s1. The number of hydrogen-bond donors (Lipinski definition) is 1. The molecular weight excluding hydrogens is 468 g/mol. The lowest BCUT2D eigenvalue weighted by molar-refractivity contribution is -0.139. The first kappa shape index (κ1) is 21.5. The predicted octanol–water partition coefficient (Wildman–Crippen LogP) is 4.87. The molecule has 2 atom stereocenters. The highest BCUT2D eigenvalue weighted by atomic mass is 16.4. The second-order valence-electron chi connectivity index (χ2n) is 9.58. The van der Waals surface area contributed by atoms with E-state index in [1.807, 2.05) is 24.3 Å². The molecule has 2 amide bonds. The number of imide groups is 1. The van der Waals surface area contributed by atoms with Crippen LogP contribution < -0.4 is 0 Å². The lowest BCUT2D eigenvalue weighted by Gasteiger charge is -2.45. The second kappa shape index (κ2) is 7.86. The number of furan rings is 1. The van der Waals surface area contributed by atoms with Gasteiger partial charge in [-0.25, -0.2) is 4.79 Å². The summed E-state index contributed by atoms with van der Waals surface area (Å²) in [7, 11) is 0. The van der Waals surface area contributed by atoms with E-state index in [0.29, 0.717) is 17.1 Å². The highest BCUT2D eigenvalue weighted by Gasteiger charge is 2.61. The molecule has 4 aliphatic rings. The van der Waals surface area contributed by atoms with Gasteiger partial charge in [-0.1, -0.05) is 60.7 Å². The zero-order chi connectivity index (χ0) is 25.3. The lowest BCUT2D eigenvalue weighted by atomic mass is 9.55. The summed E-state index contributed by atoms with van der Waals surface area (Å²) in [6.45, 7) is 0. The minimum Gasteiger partial charge on any atom is -0.478 e. The number of carboxylic acid groups (broad SMARTS) is 1. The molecule has 3 aliphatic carbocycles. The van der Waals surface area contributed by atoms with Crippen molar-refractivity contribution in [2.75, 3.05) is 0 Å². The minimum absolute atomic E-state index is 0.178. The monoisotopic (exact) mass is 488 g/mol. The van der Waals surface area contributed by atoms with Crippen LogP contribution >= 0.6 is 0 Å². The number of carbonyl (C=O) groups excluding carboxylic acids is 2. The average Bonchev–Trinajstić information content (AvgIpc) is 3.50. The lowest BCUT2D eigenvalue weighted by Crippen LogP contribution is -2.41. The Morgan fingerprint density at radius 1 is 0.757 bits per heavy atom. The van der Waals surface area contributed by atoms with Gasteiger partial charge in [-0.15, -0.1) is 0 Å². The van der Waals surface area contributed by atoms with Gasteiger partial charge in [-0.05, 0) is 46.5 Å². The maximum Gasteiger partial charge on any atom is 0.335 e. The Labute approximate surface area is 211 Å². The third kappa shape index (κ3) is 3.07. The molecule has 0 saturated carbocycles. The van der Waals surface area contributed by atoms with Crippen molar-refractivity contribution < 1.29 is 23.9 Å². The molecule has 0 spiro atoms. The van der Waals surface area contributed by atoms with Crippen LogP contribution in [0.2, 0.25) is 0 Å². The van der Waals surface area contributed by atoms with Gasteiger partial charge in [0.15, 0.2) is 0 Å². The van der Waals surface area contributed by atoms with E-state index in [1.54, 1.807) is 24.3 Å². The molecule has 1 N–H and O–H groups in total. The smallest absolute Gasteiger partial charge is 0.335 e. The third-order valence-electron chi connectivity index (χ3n) is 7.77. The van der Waals surface area contributed by atoms with Crippen LogP contribution in [-0.4, -0.2) is 34.1 Å². The van der Waals surface area contributed by atoms with Crippen LogP contribution in [0.15, 0.2) is 94.4 Å². The Morgan fingerprint density at radius 2 is 1.27 bits per heavy atom. The SMILES string of the molecule is O=C(O)c1ccc(-c2ccc(/C=N\N3C(=O)[C@H]4C5c6ccccc6C(c6ccccc65)[C@@H]4C3=O)o2)cc1. The van der Waals surface area contributed by atoms with E-state index in [0.717, 1.165) is 27.3 Å². The van der Waals surface area contributed by atoms with Gasteiger partial charge < -0.3 is 9.52 Å². The van der Waals surface area contributed by atoms with Crippen molar-refractivity contribution in [1.29, 1.82) is 0 Å². The normalized spacial score (nSPS) is 23.3. The number of hydrogen-bond acceptors (Lipinski definition) is 5. The summed E-state index contributed by atoms with van der Waals surface area (Å²) in [5, 5.41) is 14.4. The van der Waals surface area contributed by atoms with E-state index < -0.39 is 17.8 Å². The minimum atomic E-state index is -1.00. The fraction of sp³-hybridized carbons (Fsp3) is 0.133. The number of carboxylic acids is 1. The Balaban J connectivity index is 1.20. The quantitative estimate of drug-likeness (QED) is 0.326. The van der Waals surface area contributed by atoms with Crippen molar-refractivity contribution >= 4 is 24.0 Å². The van der Waals surface area contributed by atoms with E-state index in [9.17, 15) is 14.4 Å². The molecule has 4 aromatic rings. The van der Waals surface area contributed by atoms with Gasteiger partial charge in [0.25, 0.3) is 11.8 Å². The molecular formula is C30H20N2O5. The van der Waals surface area contributed by atoms with Gasteiger partial charge in [-0.2, -0.15) is 10.1 Å². The van der Waals surface area contributed by atoms with Gasteiger partial charge >= 0.3 is 5.97 Å². The van der Waals surface area contributed by atoms with Crippen molar-refractivity contribution in [3.63, 3.8) is 0 Å². The first-order chi connectivity index (χ1) is 18.0. The summed E-state index contributed by atoms with van der Waals surface area (Å²) in [6.07, 6.45) is 1.38. The Kier molecular flexibility index (Phi) is 4.57. The van der Waals surface area contributed by atoms with Gasteiger partial charge in [-0.3, -0.25) is 9.59 Å². The zero-order valence-corrected chi connectivity index (χ0v) is 19.4. The molecule has 37 heavy (non-hydrogen) atoms. The summed E-state index contributed by atoms with van der Waals surface area (Å²) < 4.78 is 5.83. The maximum absolute atomic E-state index is 13.6. The molecule has 1 fully saturated rings. The van der Waals surface area contributed by atoms with Crippen LogP contribution in [0.5, 0.6) is 0 Å². The number of carbonyl (C=O) groups is 3. The fourth-order valence-electron chi connectivity index (χ4n) is 6.24. The molecule has 0 radical (unpaired) electrons. The summed E-state index contributed by atoms with van der Waals surface area (Å²) >= 11 is 0. The van der Waals surface area contributed by atoms with Crippen LogP contribution in [-0.2, 0) is 9.59 Å². The molecule has 180 valence electrons. The van der Waals surface area contributed by atoms with E-state index in [2.05, 4.69) is 29.4 Å². The first-order valence-electron chi connectivity index (χ1n) is 12.1. The summed E-state index contributed by atoms with van der Waals surface area (Å²) in [4.78, 5) is 38.3. The Bertz CT molecular complexity index is 1520. The molecule has 7 nitrogen and oxygen atoms in total. The van der Waals surface area contributed by atoms with Gasteiger partial charge in [0, 0.05) is 17.4 Å². The number of benzene rings is 3. The third-order valence-corrected chi connectivity index (χ3v) is 7.77. The zero-order valence-electron chi connectivity index (χ0n) is 19.4. The van der Waals surface area contributed by atoms with Crippen molar-refractivity contribution in [2.24, 2.45) is 16.9 Å². The fourth-order valence-corrected chi connectivity index (χ4v) is 6.24. The Morgan fingerprint density at radius 3 is 1.76 bits per heavy atom. The molecule has 0 unspecified atom stereocenters. The van der Waals surface area contributed by atoms with E-state index in [4.69, 9.17) is 9.52 Å². The van der Waals surface area contributed by atoms with Crippen LogP contribution in [0.1, 0.15) is 50.2 Å². The molecule has 3 aromatic carbocycles. The molecule has 1 saturated heterocycles. The Hall–Kier alpha value is -4.78. The average molecular weight is 488 g/mol. The molecule has 2 heterocycles. The molecule has 2 bridgehead atoms. The number of amides is 2. The topological polar surface area (TPSA) is 100 Å². The highest BCUT2D eigenvalue weighted by molar-refractivity contribution is 6.08. The van der Waals surface area contributed by atoms with Crippen molar-refractivity contribution in [3.8, 4) is 11.3 Å². The number of nitrogens with zero attached hydrogens (tertiary/aromatic N) is 2. The predicted molar refractivity (Wildman–Crippen MR) is 134 cm³/mol. The molecule has 1 aromatic heterocycles. The molecule has 7 heteroatoms.